The van der Waals surface area contributed by atoms with Gasteiger partial charge >= 0.3 is 0 Å². The summed E-state index contributed by atoms with van der Waals surface area (Å²) >= 11 is 0. The van der Waals surface area contributed by atoms with Crippen molar-refractivity contribution in [1.82, 2.24) is 0 Å². The molecule has 0 saturated heterocycles. The van der Waals surface area contributed by atoms with E-state index >= 15 is 0 Å². The number of carbonyl (C=O) groups is 1. The molecular weight excluding hydrogens is 250 g/mol. The van der Waals surface area contributed by atoms with Crippen molar-refractivity contribution in [2.24, 2.45) is 11.7 Å². The minimum atomic E-state index is -0.511. The molecule has 1 aromatic carbocycles. The normalized spacial score (nSPS) is 22.5. The van der Waals surface area contributed by atoms with E-state index in [1.54, 1.807) is 0 Å². The van der Waals surface area contributed by atoms with Crippen molar-refractivity contribution in [3.63, 3.8) is 0 Å². The number of hydrogen-bond donors (Lipinski definition) is 2. The number of hydrogen-bond acceptors (Lipinski definition) is 3. The third-order valence-electron chi connectivity index (χ3n) is 4.61. The van der Waals surface area contributed by atoms with E-state index in [-0.39, 0.29) is 5.91 Å². The van der Waals surface area contributed by atoms with E-state index in [2.05, 4.69) is 23.3 Å². The van der Waals surface area contributed by atoms with Crippen LogP contribution in [0.5, 0.6) is 0 Å². The fourth-order valence-corrected chi connectivity index (χ4v) is 3.38. The van der Waals surface area contributed by atoms with Crippen molar-refractivity contribution < 1.29 is 4.79 Å². The number of fused-ring (bicyclic) bond motifs is 1. The summed E-state index contributed by atoms with van der Waals surface area (Å²) in [6, 6.07) is 5.58. The van der Waals surface area contributed by atoms with Crippen molar-refractivity contribution >= 4 is 17.3 Å². The van der Waals surface area contributed by atoms with Crippen molar-refractivity contribution in [2.45, 2.75) is 38.1 Å². The van der Waals surface area contributed by atoms with E-state index in [1.165, 1.54) is 32.1 Å². The van der Waals surface area contributed by atoms with Crippen LogP contribution >= 0.6 is 0 Å². The maximum atomic E-state index is 11.6. The molecule has 3 N–H and O–H groups in total. The van der Waals surface area contributed by atoms with Gasteiger partial charge in [0.25, 0.3) is 0 Å². The van der Waals surface area contributed by atoms with E-state index < -0.39 is 6.04 Å². The van der Waals surface area contributed by atoms with Gasteiger partial charge in [-0.1, -0.05) is 25.3 Å². The second-order valence-electron chi connectivity index (χ2n) is 6.12. The summed E-state index contributed by atoms with van der Waals surface area (Å²) in [7, 11) is 2.13. The highest BCUT2D eigenvalue weighted by Gasteiger charge is 2.27. The lowest BCUT2D eigenvalue weighted by Crippen LogP contribution is -2.26. The molecule has 3 rings (SSSR count). The van der Waals surface area contributed by atoms with Crippen LogP contribution in [-0.4, -0.2) is 19.5 Å². The number of nitrogens with zero attached hydrogens (tertiary/aromatic N) is 1. The molecule has 1 amide bonds. The first-order chi connectivity index (χ1) is 9.65. The molecule has 1 fully saturated rings. The summed E-state index contributed by atoms with van der Waals surface area (Å²) in [5.41, 5.74) is 8.77. The van der Waals surface area contributed by atoms with Gasteiger partial charge in [-0.3, -0.25) is 4.79 Å². The second-order valence-corrected chi connectivity index (χ2v) is 6.12. The highest BCUT2D eigenvalue weighted by Crippen LogP contribution is 2.33. The average Bonchev–Trinajstić information content (AvgIpc) is 2.74. The minimum Gasteiger partial charge on any atom is -0.374 e. The largest absolute Gasteiger partial charge is 0.374 e. The predicted molar refractivity (Wildman–Crippen MR) is 81.8 cm³/mol. The molecule has 0 radical (unpaired) electrons. The first-order valence-corrected chi connectivity index (χ1v) is 7.56. The number of nitrogens with two attached hydrogens (primary N) is 1. The molecule has 2 aliphatic rings. The molecular formula is C16H23N3O. The van der Waals surface area contributed by atoms with Crippen molar-refractivity contribution in [3.8, 4) is 0 Å². The highest BCUT2D eigenvalue weighted by atomic mass is 16.2. The van der Waals surface area contributed by atoms with E-state index in [9.17, 15) is 4.79 Å². The molecule has 4 heteroatoms. The third-order valence-corrected chi connectivity index (χ3v) is 4.61. The van der Waals surface area contributed by atoms with Crippen LogP contribution in [0.1, 0.15) is 43.7 Å². The van der Waals surface area contributed by atoms with Crippen LogP contribution in [0, 0.1) is 5.92 Å². The Morgan fingerprint density at radius 2 is 2.05 bits per heavy atom. The Morgan fingerprint density at radius 1 is 1.30 bits per heavy atom. The number of nitrogens with one attached hydrogen (secondary N) is 1. The van der Waals surface area contributed by atoms with Gasteiger partial charge < -0.3 is 16.0 Å². The van der Waals surface area contributed by atoms with Gasteiger partial charge in [0.2, 0.25) is 5.91 Å². The van der Waals surface area contributed by atoms with Crippen molar-refractivity contribution in [2.75, 3.05) is 23.8 Å². The molecule has 1 unspecified atom stereocenters. The van der Waals surface area contributed by atoms with Gasteiger partial charge in [-0.2, -0.15) is 0 Å². The lowest BCUT2D eigenvalue weighted by Gasteiger charge is -2.28. The first kappa shape index (κ1) is 13.4. The fourth-order valence-electron chi connectivity index (χ4n) is 3.38. The molecule has 0 bridgehead atoms. The van der Waals surface area contributed by atoms with Gasteiger partial charge in [0.05, 0.1) is 0 Å². The van der Waals surface area contributed by atoms with Crippen molar-refractivity contribution in [3.05, 3.63) is 23.8 Å². The van der Waals surface area contributed by atoms with E-state index in [4.69, 9.17) is 5.73 Å². The fraction of sp³-hybridized carbons (Fsp3) is 0.562. The number of rotatable bonds is 3. The molecule has 0 aromatic heterocycles. The highest BCUT2D eigenvalue weighted by molar-refractivity contribution is 6.02. The van der Waals surface area contributed by atoms with Gasteiger partial charge in [-0.25, -0.2) is 0 Å². The number of carbonyl (C=O) groups excluding carboxylic acids is 1. The smallest absolute Gasteiger partial charge is 0.245 e. The second kappa shape index (κ2) is 5.44. The van der Waals surface area contributed by atoms with Crippen LogP contribution < -0.4 is 16.0 Å². The summed E-state index contributed by atoms with van der Waals surface area (Å²) in [6.07, 6.45) is 6.82. The lowest BCUT2D eigenvalue weighted by atomic mass is 9.89. The summed E-state index contributed by atoms with van der Waals surface area (Å²) in [5.74, 6) is 0.700. The maximum absolute atomic E-state index is 11.6. The maximum Gasteiger partial charge on any atom is 0.245 e. The molecule has 4 nitrogen and oxygen atoms in total. The zero-order valence-electron chi connectivity index (χ0n) is 12.1. The van der Waals surface area contributed by atoms with Crippen LogP contribution in [0.3, 0.4) is 0 Å². The minimum absolute atomic E-state index is 0.105. The van der Waals surface area contributed by atoms with Gasteiger partial charge in [0.15, 0.2) is 0 Å². The molecule has 1 aromatic rings. The lowest BCUT2D eigenvalue weighted by molar-refractivity contribution is -0.116. The summed E-state index contributed by atoms with van der Waals surface area (Å²) < 4.78 is 0. The van der Waals surface area contributed by atoms with Crippen LogP contribution in [-0.2, 0) is 4.79 Å². The number of benzene rings is 1. The van der Waals surface area contributed by atoms with Gasteiger partial charge in [0.1, 0.15) is 6.04 Å². The number of amides is 1. The predicted octanol–water partition coefficient (Wildman–Crippen LogP) is 2.66. The van der Waals surface area contributed by atoms with Gasteiger partial charge in [-0.15, -0.1) is 0 Å². The zero-order valence-corrected chi connectivity index (χ0v) is 12.1. The quantitative estimate of drug-likeness (QED) is 0.890. The van der Waals surface area contributed by atoms with Gasteiger partial charge in [-0.05, 0) is 30.9 Å². The van der Waals surface area contributed by atoms with E-state index in [0.29, 0.717) is 0 Å². The monoisotopic (exact) mass is 273 g/mol. The Morgan fingerprint density at radius 3 is 2.80 bits per heavy atom. The Balaban J connectivity index is 1.71. The molecule has 20 heavy (non-hydrogen) atoms. The van der Waals surface area contributed by atoms with E-state index in [0.717, 1.165) is 29.4 Å². The molecule has 1 saturated carbocycles. The van der Waals surface area contributed by atoms with Gasteiger partial charge in [0, 0.05) is 30.5 Å². The standard InChI is InChI=1S/C16H23N3O/c1-19(10-11-5-3-2-4-6-11)12-7-8-13-14(9-12)18-16(20)15(13)17/h7-9,11,15H,2-6,10,17H2,1H3,(H,18,20). The Labute approximate surface area is 120 Å². The van der Waals surface area contributed by atoms with E-state index in [1.807, 2.05) is 12.1 Å². The Bertz CT molecular complexity index is 508. The molecule has 0 spiro atoms. The Hall–Kier alpha value is -1.55. The molecule has 1 aliphatic carbocycles. The molecule has 1 atom stereocenters. The van der Waals surface area contributed by atoms with Crippen LogP contribution in [0.25, 0.3) is 0 Å². The molecule has 108 valence electrons. The van der Waals surface area contributed by atoms with Crippen LogP contribution in [0.15, 0.2) is 18.2 Å². The SMILES string of the molecule is CN(CC1CCCCC1)c1ccc2c(c1)NC(=O)C2N. The van der Waals surface area contributed by atoms with Crippen LogP contribution in [0.4, 0.5) is 11.4 Å². The summed E-state index contributed by atoms with van der Waals surface area (Å²) in [4.78, 5) is 13.9. The average molecular weight is 273 g/mol. The topological polar surface area (TPSA) is 58.4 Å². The summed E-state index contributed by atoms with van der Waals surface area (Å²) in [6.45, 7) is 1.10. The molecule has 1 aliphatic heterocycles. The third kappa shape index (κ3) is 2.52. The van der Waals surface area contributed by atoms with Crippen molar-refractivity contribution in [1.29, 1.82) is 0 Å². The molecule has 1 heterocycles. The Kier molecular flexibility index (Phi) is 3.66. The zero-order chi connectivity index (χ0) is 14.1. The number of anilines is 2. The van der Waals surface area contributed by atoms with Crippen LogP contribution in [0.2, 0.25) is 0 Å². The first-order valence-electron chi connectivity index (χ1n) is 7.56. The summed E-state index contributed by atoms with van der Waals surface area (Å²) in [5, 5.41) is 2.86.